The zero-order chi connectivity index (χ0) is 15.3. The Kier molecular flexibility index (Phi) is 3.08. The summed E-state index contributed by atoms with van der Waals surface area (Å²) in [5, 5.41) is 19.1. The van der Waals surface area contributed by atoms with Gasteiger partial charge in [-0.15, -0.1) is 0 Å². The van der Waals surface area contributed by atoms with E-state index < -0.39 is 29.9 Å². The van der Waals surface area contributed by atoms with Crippen LogP contribution in [0, 0.1) is 0 Å². The van der Waals surface area contributed by atoms with Gasteiger partial charge < -0.3 is 26.5 Å². The summed E-state index contributed by atoms with van der Waals surface area (Å²) in [6.07, 6.45) is -2.57. The molecule has 1 saturated heterocycles. The van der Waals surface area contributed by atoms with Crippen molar-refractivity contribution in [3.8, 4) is 0 Å². The highest BCUT2D eigenvalue weighted by Gasteiger charge is 2.45. The number of amides is 1. The van der Waals surface area contributed by atoms with Crippen molar-refractivity contribution < 1.29 is 19.7 Å². The van der Waals surface area contributed by atoms with Gasteiger partial charge in [0.1, 0.15) is 6.10 Å². The standard InChI is InChI=1S/C11H15N5O5/c12-11-14-8-5(9(20)16(11)13)2-7(19)15(8)10-6(18)1-4(3-17)21-10/h4,6,10,17-18H,1-3,13H2,(H2,12,14)/t4-,6+,10+/m0/s1. The molecule has 1 aromatic heterocycles. The molecular formula is C11H15N5O5. The Morgan fingerprint density at radius 1 is 1.43 bits per heavy atom. The van der Waals surface area contributed by atoms with E-state index in [0.29, 0.717) is 4.68 Å². The van der Waals surface area contributed by atoms with Crippen molar-refractivity contribution in [2.45, 2.75) is 31.3 Å². The van der Waals surface area contributed by atoms with Crippen LogP contribution in [0.4, 0.5) is 11.8 Å². The average Bonchev–Trinajstić information content (AvgIpc) is 2.96. The third kappa shape index (κ3) is 1.95. The van der Waals surface area contributed by atoms with Gasteiger partial charge in [-0.3, -0.25) is 14.5 Å². The molecule has 1 aromatic rings. The Balaban J connectivity index is 2.04. The van der Waals surface area contributed by atoms with E-state index in [2.05, 4.69) is 4.98 Å². The molecular weight excluding hydrogens is 282 g/mol. The largest absolute Gasteiger partial charge is 0.394 e. The molecule has 21 heavy (non-hydrogen) atoms. The van der Waals surface area contributed by atoms with Crippen LogP contribution in [-0.2, 0) is 16.0 Å². The van der Waals surface area contributed by atoms with Crippen LogP contribution in [0.2, 0.25) is 0 Å². The van der Waals surface area contributed by atoms with E-state index >= 15 is 0 Å². The van der Waals surface area contributed by atoms with E-state index in [4.69, 9.17) is 21.4 Å². The van der Waals surface area contributed by atoms with Gasteiger partial charge in [0.05, 0.1) is 24.7 Å². The predicted octanol–water partition coefficient (Wildman–Crippen LogP) is -3.10. The van der Waals surface area contributed by atoms with Gasteiger partial charge in [0, 0.05) is 6.42 Å². The van der Waals surface area contributed by atoms with Crippen LogP contribution in [0.3, 0.4) is 0 Å². The first-order valence-electron chi connectivity index (χ1n) is 6.37. The summed E-state index contributed by atoms with van der Waals surface area (Å²) in [7, 11) is 0. The van der Waals surface area contributed by atoms with E-state index in [0.717, 1.165) is 4.90 Å². The second kappa shape index (κ2) is 4.69. The van der Waals surface area contributed by atoms with Crippen LogP contribution < -0.4 is 22.0 Å². The second-order valence-corrected chi connectivity index (χ2v) is 5.02. The molecule has 10 nitrogen and oxygen atoms in total. The fourth-order valence-electron chi connectivity index (χ4n) is 2.63. The molecule has 1 fully saturated rings. The maximum atomic E-state index is 12.1. The summed E-state index contributed by atoms with van der Waals surface area (Å²) < 4.78 is 6.09. The minimum Gasteiger partial charge on any atom is -0.394 e. The molecule has 3 atom stereocenters. The first-order valence-corrected chi connectivity index (χ1v) is 6.37. The van der Waals surface area contributed by atoms with E-state index in [9.17, 15) is 14.7 Å². The molecule has 3 rings (SSSR count). The van der Waals surface area contributed by atoms with Gasteiger partial charge in [-0.1, -0.05) is 0 Å². The number of hydrogen-bond acceptors (Lipinski definition) is 8. The number of aromatic nitrogens is 2. The number of carbonyl (C=O) groups excluding carboxylic acids is 1. The third-order valence-corrected chi connectivity index (χ3v) is 3.66. The summed E-state index contributed by atoms with van der Waals surface area (Å²) in [4.78, 5) is 29.2. The molecule has 0 spiro atoms. The van der Waals surface area contributed by atoms with Gasteiger partial charge in [0.25, 0.3) is 5.56 Å². The number of ether oxygens (including phenoxy) is 1. The number of fused-ring (bicyclic) bond motifs is 1. The SMILES string of the molecule is Nc1nc2c(c(=O)n1N)CC(=O)N2[C@@H]1O[C@H](CO)C[C@H]1O. The van der Waals surface area contributed by atoms with Crippen LogP contribution in [0.25, 0.3) is 0 Å². The molecule has 2 aliphatic rings. The van der Waals surface area contributed by atoms with Crippen molar-refractivity contribution in [3.63, 3.8) is 0 Å². The Morgan fingerprint density at radius 2 is 2.14 bits per heavy atom. The molecule has 6 N–H and O–H groups in total. The van der Waals surface area contributed by atoms with Crippen LogP contribution in [0.1, 0.15) is 12.0 Å². The Morgan fingerprint density at radius 3 is 2.76 bits per heavy atom. The zero-order valence-corrected chi connectivity index (χ0v) is 11.0. The van der Waals surface area contributed by atoms with Gasteiger partial charge in [-0.05, 0) is 0 Å². The van der Waals surface area contributed by atoms with Crippen LogP contribution in [0.5, 0.6) is 0 Å². The Labute approximate surface area is 118 Å². The lowest BCUT2D eigenvalue weighted by atomic mass is 10.2. The predicted molar refractivity (Wildman–Crippen MR) is 70.6 cm³/mol. The van der Waals surface area contributed by atoms with Crippen LogP contribution in [0.15, 0.2) is 4.79 Å². The number of nitrogens with zero attached hydrogens (tertiary/aromatic N) is 3. The monoisotopic (exact) mass is 297 g/mol. The molecule has 0 unspecified atom stereocenters. The lowest BCUT2D eigenvalue weighted by Gasteiger charge is -2.26. The van der Waals surface area contributed by atoms with Crippen molar-refractivity contribution in [2.24, 2.45) is 0 Å². The lowest BCUT2D eigenvalue weighted by Crippen LogP contribution is -2.44. The molecule has 114 valence electrons. The normalized spacial score (nSPS) is 28.2. The van der Waals surface area contributed by atoms with Gasteiger partial charge in [0.2, 0.25) is 11.9 Å². The van der Waals surface area contributed by atoms with E-state index in [1.165, 1.54) is 0 Å². The Hall–Kier alpha value is -2.17. The number of anilines is 2. The smallest absolute Gasteiger partial charge is 0.279 e. The minimum atomic E-state index is -1.00. The van der Waals surface area contributed by atoms with E-state index in [1.54, 1.807) is 0 Å². The van der Waals surface area contributed by atoms with Crippen molar-refractivity contribution in [2.75, 3.05) is 23.1 Å². The first-order chi connectivity index (χ1) is 9.93. The molecule has 0 aromatic carbocycles. The van der Waals surface area contributed by atoms with Crippen molar-refractivity contribution in [1.82, 2.24) is 9.66 Å². The molecule has 10 heteroatoms. The van der Waals surface area contributed by atoms with Crippen molar-refractivity contribution in [1.29, 1.82) is 0 Å². The molecule has 2 aliphatic heterocycles. The maximum absolute atomic E-state index is 12.1. The molecule has 0 radical (unpaired) electrons. The number of nitrogens with two attached hydrogens (primary N) is 2. The quantitative estimate of drug-likeness (QED) is 0.418. The van der Waals surface area contributed by atoms with Gasteiger partial charge in [-0.2, -0.15) is 9.66 Å². The summed E-state index contributed by atoms with van der Waals surface area (Å²) in [6, 6.07) is 0. The number of aliphatic hydroxyl groups excluding tert-OH is 2. The molecule has 3 heterocycles. The fourth-order valence-corrected chi connectivity index (χ4v) is 2.63. The average molecular weight is 297 g/mol. The first kappa shape index (κ1) is 13.8. The molecule has 0 bridgehead atoms. The highest BCUT2D eigenvalue weighted by molar-refractivity contribution is 6.00. The zero-order valence-electron chi connectivity index (χ0n) is 11.0. The third-order valence-electron chi connectivity index (χ3n) is 3.66. The van der Waals surface area contributed by atoms with Gasteiger partial charge in [-0.25, -0.2) is 0 Å². The van der Waals surface area contributed by atoms with Crippen LogP contribution in [-0.4, -0.2) is 50.8 Å². The topological polar surface area (TPSA) is 157 Å². The van der Waals surface area contributed by atoms with E-state index in [1.807, 2.05) is 0 Å². The van der Waals surface area contributed by atoms with Crippen molar-refractivity contribution in [3.05, 3.63) is 15.9 Å². The summed E-state index contributed by atoms with van der Waals surface area (Å²) in [6.45, 7) is -0.275. The summed E-state index contributed by atoms with van der Waals surface area (Å²) in [5.41, 5.74) is 5.03. The van der Waals surface area contributed by atoms with Crippen molar-refractivity contribution >= 4 is 17.7 Å². The number of nitrogen functional groups attached to an aromatic ring is 2. The number of rotatable bonds is 2. The molecule has 0 aliphatic carbocycles. The van der Waals surface area contributed by atoms with Crippen LogP contribution >= 0.6 is 0 Å². The second-order valence-electron chi connectivity index (χ2n) is 5.02. The summed E-state index contributed by atoms with van der Waals surface area (Å²) >= 11 is 0. The molecule has 0 saturated carbocycles. The number of aliphatic hydroxyl groups is 2. The fraction of sp³-hybridized carbons (Fsp3) is 0.545. The summed E-state index contributed by atoms with van der Waals surface area (Å²) in [5.74, 6) is 4.80. The maximum Gasteiger partial charge on any atom is 0.279 e. The highest BCUT2D eigenvalue weighted by Crippen LogP contribution is 2.32. The van der Waals surface area contributed by atoms with E-state index in [-0.39, 0.29) is 36.8 Å². The Bertz CT molecular complexity index is 659. The van der Waals surface area contributed by atoms with Gasteiger partial charge in [0.15, 0.2) is 12.0 Å². The lowest BCUT2D eigenvalue weighted by molar-refractivity contribution is -0.121. The number of carbonyl (C=O) groups is 1. The minimum absolute atomic E-state index is 0.0480. The highest BCUT2D eigenvalue weighted by atomic mass is 16.5. The number of hydrogen-bond donors (Lipinski definition) is 4. The molecule has 1 amide bonds. The van der Waals surface area contributed by atoms with Gasteiger partial charge >= 0.3 is 0 Å².